The second kappa shape index (κ2) is 7.50. The molecule has 0 bridgehead atoms. The second-order valence-electron chi connectivity index (χ2n) is 3.25. The fourth-order valence-corrected chi connectivity index (χ4v) is 3.04. The Morgan fingerprint density at radius 3 is 2.53 bits per heavy atom. The van der Waals surface area contributed by atoms with Gasteiger partial charge in [-0.3, -0.25) is 4.79 Å². The maximum atomic E-state index is 11.4. The predicted molar refractivity (Wildman–Crippen MR) is 72.5 cm³/mol. The van der Waals surface area contributed by atoms with Crippen LogP contribution in [0.25, 0.3) is 0 Å². The number of benzene rings is 1. The van der Waals surface area contributed by atoms with Crippen molar-refractivity contribution in [3.8, 4) is 5.75 Å². The van der Waals surface area contributed by atoms with E-state index in [2.05, 4.69) is 0 Å². The first-order chi connectivity index (χ1) is 8.17. The molecular formula is C12H16O3S2. The van der Waals surface area contributed by atoms with Gasteiger partial charge < -0.3 is 9.47 Å². The van der Waals surface area contributed by atoms with E-state index in [1.54, 1.807) is 17.9 Å². The maximum absolute atomic E-state index is 11.4. The van der Waals surface area contributed by atoms with Gasteiger partial charge in [0.15, 0.2) is 0 Å². The largest absolute Gasteiger partial charge is 0.497 e. The number of hydrogen-bond donors (Lipinski definition) is 0. The Labute approximate surface area is 110 Å². The first-order valence-electron chi connectivity index (χ1n) is 5.31. The van der Waals surface area contributed by atoms with E-state index in [1.807, 2.05) is 38.1 Å². The summed E-state index contributed by atoms with van der Waals surface area (Å²) in [6.07, 6.45) is 0. The van der Waals surface area contributed by atoms with Gasteiger partial charge in [0.2, 0.25) is 0 Å². The minimum atomic E-state index is -0.168. The topological polar surface area (TPSA) is 35.5 Å². The molecule has 0 amide bonds. The molecule has 1 aromatic rings. The zero-order chi connectivity index (χ0) is 12.7. The third kappa shape index (κ3) is 4.91. The Kier molecular flexibility index (Phi) is 6.29. The van der Waals surface area contributed by atoms with Crippen molar-refractivity contribution < 1.29 is 14.3 Å². The first kappa shape index (κ1) is 14.3. The molecule has 0 heterocycles. The highest BCUT2D eigenvalue weighted by Crippen LogP contribution is 2.35. The highest BCUT2D eigenvalue weighted by molar-refractivity contribution is 8.77. The van der Waals surface area contributed by atoms with Crippen molar-refractivity contribution in [2.75, 3.05) is 13.7 Å². The molecule has 0 spiro atoms. The van der Waals surface area contributed by atoms with E-state index in [1.165, 1.54) is 10.8 Å². The molecule has 0 radical (unpaired) electrons. The molecule has 1 rings (SSSR count). The zero-order valence-corrected chi connectivity index (χ0v) is 11.8. The molecule has 0 N–H and O–H groups in total. The Balaban J connectivity index is 2.41. The van der Waals surface area contributed by atoms with E-state index in [0.29, 0.717) is 6.61 Å². The quantitative estimate of drug-likeness (QED) is 0.586. The van der Waals surface area contributed by atoms with Gasteiger partial charge in [-0.15, -0.1) is 0 Å². The lowest BCUT2D eigenvalue weighted by atomic mass is 10.3. The molecule has 94 valence electrons. The third-order valence-corrected chi connectivity index (χ3v) is 4.74. The number of hydrogen-bond acceptors (Lipinski definition) is 5. The molecule has 0 fully saturated rings. The lowest BCUT2D eigenvalue weighted by molar-refractivity contribution is -0.142. The summed E-state index contributed by atoms with van der Waals surface area (Å²) in [6, 6.07) is 7.73. The van der Waals surface area contributed by atoms with Crippen molar-refractivity contribution in [3.63, 3.8) is 0 Å². The minimum absolute atomic E-state index is 0.165. The first-order valence-corrected chi connectivity index (χ1v) is 7.52. The van der Waals surface area contributed by atoms with E-state index < -0.39 is 0 Å². The van der Waals surface area contributed by atoms with Crippen molar-refractivity contribution in [2.24, 2.45) is 0 Å². The SMILES string of the molecule is CCOC(=O)C(C)SSc1ccc(OC)cc1. The van der Waals surface area contributed by atoms with Crippen LogP contribution >= 0.6 is 21.6 Å². The highest BCUT2D eigenvalue weighted by Gasteiger charge is 2.14. The van der Waals surface area contributed by atoms with Gasteiger partial charge in [-0.1, -0.05) is 21.6 Å². The van der Waals surface area contributed by atoms with E-state index in [9.17, 15) is 4.79 Å². The van der Waals surface area contributed by atoms with Crippen LogP contribution in [0.2, 0.25) is 0 Å². The average Bonchev–Trinajstić information content (AvgIpc) is 2.36. The standard InChI is InChI=1S/C12H16O3S2/c1-4-15-12(13)9(2)16-17-11-7-5-10(14-3)6-8-11/h5-9H,4H2,1-3H3. The summed E-state index contributed by atoms with van der Waals surface area (Å²) >= 11 is 0. The molecule has 1 atom stereocenters. The number of methoxy groups -OCH3 is 1. The van der Waals surface area contributed by atoms with Crippen LogP contribution in [0.5, 0.6) is 5.75 Å². The minimum Gasteiger partial charge on any atom is -0.497 e. The van der Waals surface area contributed by atoms with Crippen molar-refractivity contribution in [3.05, 3.63) is 24.3 Å². The summed E-state index contributed by atoms with van der Waals surface area (Å²) in [5.74, 6) is 0.663. The Bertz CT molecular complexity index is 351. The van der Waals surface area contributed by atoms with Crippen LogP contribution in [0.1, 0.15) is 13.8 Å². The van der Waals surface area contributed by atoms with E-state index in [0.717, 1.165) is 10.6 Å². The van der Waals surface area contributed by atoms with E-state index in [-0.39, 0.29) is 11.2 Å². The average molecular weight is 272 g/mol. The van der Waals surface area contributed by atoms with E-state index >= 15 is 0 Å². The van der Waals surface area contributed by atoms with Crippen LogP contribution in [-0.2, 0) is 9.53 Å². The number of rotatable bonds is 6. The second-order valence-corrected chi connectivity index (χ2v) is 5.86. The number of carbonyl (C=O) groups is 1. The molecule has 5 heteroatoms. The van der Waals surface area contributed by atoms with Crippen LogP contribution in [-0.4, -0.2) is 24.9 Å². The van der Waals surface area contributed by atoms with Gasteiger partial charge >= 0.3 is 5.97 Å². The number of esters is 1. The monoisotopic (exact) mass is 272 g/mol. The summed E-state index contributed by atoms with van der Waals surface area (Å²) in [7, 11) is 4.69. The van der Waals surface area contributed by atoms with Crippen molar-refractivity contribution in [1.82, 2.24) is 0 Å². The molecular weight excluding hydrogens is 256 g/mol. The zero-order valence-electron chi connectivity index (χ0n) is 10.1. The van der Waals surface area contributed by atoms with Crippen LogP contribution < -0.4 is 4.74 Å². The molecule has 0 aliphatic heterocycles. The fourth-order valence-electron chi connectivity index (χ4n) is 1.06. The molecule has 0 saturated carbocycles. The van der Waals surface area contributed by atoms with Gasteiger partial charge in [-0.2, -0.15) is 0 Å². The molecule has 1 aromatic carbocycles. The summed E-state index contributed by atoms with van der Waals surface area (Å²) < 4.78 is 10.0. The van der Waals surface area contributed by atoms with Crippen LogP contribution in [0, 0.1) is 0 Å². The normalized spacial score (nSPS) is 11.9. The molecule has 0 saturated heterocycles. The Hall–Kier alpha value is -0.810. The lowest BCUT2D eigenvalue weighted by Crippen LogP contribution is -2.15. The van der Waals surface area contributed by atoms with Crippen molar-refractivity contribution in [2.45, 2.75) is 24.0 Å². The molecule has 17 heavy (non-hydrogen) atoms. The molecule has 3 nitrogen and oxygen atoms in total. The number of ether oxygens (including phenoxy) is 2. The van der Waals surface area contributed by atoms with Crippen molar-refractivity contribution in [1.29, 1.82) is 0 Å². The van der Waals surface area contributed by atoms with Crippen LogP contribution in [0.4, 0.5) is 0 Å². The predicted octanol–water partition coefficient (Wildman–Crippen LogP) is 3.39. The number of carbonyl (C=O) groups excluding carboxylic acids is 1. The lowest BCUT2D eigenvalue weighted by Gasteiger charge is -2.09. The van der Waals surface area contributed by atoms with Gasteiger partial charge in [0.25, 0.3) is 0 Å². The van der Waals surface area contributed by atoms with Gasteiger partial charge in [0, 0.05) is 4.90 Å². The molecule has 0 aromatic heterocycles. The summed E-state index contributed by atoms with van der Waals surface area (Å²) in [5, 5.41) is -0.165. The summed E-state index contributed by atoms with van der Waals surface area (Å²) in [6.45, 7) is 4.09. The van der Waals surface area contributed by atoms with Gasteiger partial charge in [0.05, 0.1) is 13.7 Å². The van der Waals surface area contributed by atoms with Gasteiger partial charge in [0.1, 0.15) is 11.0 Å². The maximum Gasteiger partial charge on any atom is 0.319 e. The van der Waals surface area contributed by atoms with Crippen LogP contribution in [0.3, 0.4) is 0 Å². The summed E-state index contributed by atoms with van der Waals surface area (Å²) in [4.78, 5) is 12.5. The van der Waals surface area contributed by atoms with E-state index in [4.69, 9.17) is 9.47 Å². The Morgan fingerprint density at radius 1 is 1.35 bits per heavy atom. The van der Waals surface area contributed by atoms with Crippen molar-refractivity contribution >= 4 is 27.6 Å². The third-order valence-electron chi connectivity index (χ3n) is 1.97. The fraction of sp³-hybridized carbons (Fsp3) is 0.417. The van der Waals surface area contributed by atoms with Gasteiger partial charge in [-0.05, 0) is 38.1 Å². The molecule has 0 aliphatic carbocycles. The van der Waals surface area contributed by atoms with Crippen LogP contribution in [0.15, 0.2) is 29.2 Å². The Morgan fingerprint density at radius 2 is 2.00 bits per heavy atom. The molecule has 0 aliphatic rings. The summed E-state index contributed by atoms with van der Waals surface area (Å²) in [5.41, 5.74) is 0. The highest BCUT2D eigenvalue weighted by atomic mass is 33.1. The smallest absolute Gasteiger partial charge is 0.319 e. The van der Waals surface area contributed by atoms with Gasteiger partial charge in [-0.25, -0.2) is 0 Å². The molecule has 1 unspecified atom stereocenters.